The molecule has 0 radical (unpaired) electrons. The molecule has 1 aromatic carbocycles. The second-order valence-corrected chi connectivity index (χ2v) is 6.15. The molecule has 1 amide bonds. The quantitative estimate of drug-likeness (QED) is 0.929. The van der Waals surface area contributed by atoms with Gasteiger partial charge < -0.3 is 15.4 Å². The van der Waals surface area contributed by atoms with Crippen LogP contribution in [0.25, 0.3) is 0 Å². The Labute approximate surface area is 126 Å². The third kappa shape index (κ3) is 3.05. The molecule has 1 aliphatic heterocycles. The Morgan fingerprint density at radius 2 is 2.10 bits per heavy atom. The number of likely N-dealkylation sites (tertiary alicyclic amines) is 1. The number of aryl methyl sites for hydroxylation is 1. The van der Waals surface area contributed by atoms with Crippen LogP contribution in [0.3, 0.4) is 0 Å². The summed E-state index contributed by atoms with van der Waals surface area (Å²) in [6.07, 6.45) is 5.02. The molecule has 114 valence electrons. The van der Waals surface area contributed by atoms with E-state index in [1.54, 1.807) is 0 Å². The SMILES string of the molecule is CC(Oc1ccc2c(c1)CC[C@@H]2N)C(=O)N1CCCCC1. The van der Waals surface area contributed by atoms with Gasteiger partial charge in [-0.2, -0.15) is 0 Å². The Balaban J connectivity index is 1.64. The first kappa shape index (κ1) is 14.4. The number of ether oxygens (including phenoxy) is 1. The molecule has 1 fully saturated rings. The highest BCUT2D eigenvalue weighted by atomic mass is 16.5. The Hall–Kier alpha value is -1.55. The number of hydrogen-bond donors (Lipinski definition) is 1. The van der Waals surface area contributed by atoms with Crippen LogP contribution in [0.1, 0.15) is 49.8 Å². The first-order valence-electron chi connectivity index (χ1n) is 7.99. The van der Waals surface area contributed by atoms with Crippen LogP contribution in [0.2, 0.25) is 0 Å². The molecule has 2 atom stereocenters. The highest BCUT2D eigenvalue weighted by molar-refractivity contribution is 5.81. The molecule has 0 bridgehead atoms. The maximum absolute atomic E-state index is 12.4. The lowest BCUT2D eigenvalue weighted by Crippen LogP contribution is -2.43. The molecule has 1 aromatic rings. The maximum Gasteiger partial charge on any atom is 0.263 e. The molecule has 21 heavy (non-hydrogen) atoms. The second kappa shape index (κ2) is 6.06. The summed E-state index contributed by atoms with van der Waals surface area (Å²) in [6.45, 7) is 3.58. The molecule has 4 nitrogen and oxygen atoms in total. The van der Waals surface area contributed by atoms with Gasteiger partial charge in [-0.3, -0.25) is 4.79 Å². The van der Waals surface area contributed by atoms with Gasteiger partial charge in [0.05, 0.1) is 0 Å². The summed E-state index contributed by atoms with van der Waals surface area (Å²) in [7, 11) is 0. The summed E-state index contributed by atoms with van der Waals surface area (Å²) in [5, 5.41) is 0. The molecule has 1 aliphatic carbocycles. The van der Waals surface area contributed by atoms with Crippen molar-refractivity contribution in [3.05, 3.63) is 29.3 Å². The first-order valence-corrected chi connectivity index (χ1v) is 7.99. The lowest BCUT2D eigenvalue weighted by atomic mass is 10.1. The van der Waals surface area contributed by atoms with Gasteiger partial charge >= 0.3 is 0 Å². The van der Waals surface area contributed by atoms with Crippen molar-refractivity contribution >= 4 is 5.91 Å². The summed E-state index contributed by atoms with van der Waals surface area (Å²) >= 11 is 0. The van der Waals surface area contributed by atoms with Crippen molar-refractivity contribution in [2.75, 3.05) is 13.1 Å². The van der Waals surface area contributed by atoms with E-state index in [-0.39, 0.29) is 11.9 Å². The zero-order chi connectivity index (χ0) is 14.8. The molecule has 0 saturated carbocycles. The van der Waals surface area contributed by atoms with Crippen LogP contribution in [0.5, 0.6) is 5.75 Å². The fraction of sp³-hybridized carbons (Fsp3) is 0.588. The number of carbonyl (C=O) groups excluding carboxylic acids is 1. The Morgan fingerprint density at radius 1 is 1.33 bits per heavy atom. The van der Waals surface area contributed by atoms with Crippen molar-refractivity contribution in [1.82, 2.24) is 4.90 Å². The number of hydrogen-bond acceptors (Lipinski definition) is 3. The minimum Gasteiger partial charge on any atom is -0.481 e. The summed E-state index contributed by atoms with van der Waals surface area (Å²) in [5.74, 6) is 0.882. The number of amides is 1. The minimum atomic E-state index is -0.420. The summed E-state index contributed by atoms with van der Waals surface area (Å²) < 4.78 is 5.86. The van der Waals surface area contributed by atoms with E-state index >= 15 is 0 Å². The van der Waals surface area contributed by atoms with Crippen LogP contribution in [0, 0.1) is 0 Å². The summed E-state index contributed by atoms with van der Waals surface area (Å²) in [6, 6.07) is 6.17. The van der Waals surface area contributed by atoms with Gasteiger partial charge in [0.25, 0.3) is 5.91 Å². The van der Waals surface area contributed by atoms with E-state index in [1.807, 2.05) is 30.0 Å². The number of nitrogens with two attached hydrogens (primary N) is 1. The third-order valence-corrected chi connectivity index (χ3v) is 4.57. The number of carbonyl (C=O) groups is 1. The predicted molar refractivity (Wildman–Crippen MR) is 82.2 cm³/mol. The molecule has 1 unspecified atom stereocenters. The smallest absolute Gasteiger partial charge is 0.263 e. The Bertz CT molecular complexity index is 524. The molecule has 0 aromatic heterocycles. The van der Waals surface area contributed by atoms with Crippen molar-refractivity contribution in [3.8, 4) is 5.75 Å². The van der Waals surface area contributed by atoms with E-state index in [9.17, 15) is 4.79 Å². The van der Waals surface area contributed by atoms with Gasteiger partial charge in [-0.25, -0.2) is 0 Å². The van der Waals surface area contributed by atoms with Crippen LogP contribution >= 0.6 is 0 Å². The van der Waals surface area contributed by atoms with E-state index in [4.69, 9.17) is 10.5 Å². The van der Waals surface area contributed by atoms with E-state index in [1.165, 1.54) is 17.5 Å². The lowest BCUT2D eigenvalue weighted by molar-refractivity contribution is -0.138. The Kier molecular flexibility index (Phi) is 4.15. The number of nitrogens with zero attached hydrogens (tertiary/aromatic N) is 1. The molecule has 0 spiro atoms. The highest BCUT2D eigenvalue weighted by Crippen LogP contribution is 2.32. The van der Waals surface area contributed by atoms with Crippen LogP contribution in [-0.4, -0.2) is 30.0 Å². The van der Waals surface area contributed by atoms with Gasteiger partial charge in [0.15, 0.2) is 6.10 Å². The molecule has 2 aliphatic rings. The molecular weight excluding hydrogens is 264 g/mol. The summed E-state index contributed by atoms with van der Waals surface area (Å²) in [5.41, 5.74) is 8.52. The second-order valence-electron chi connectivity index (χ2n) is 6.15. The molecule has 3 rings (SSSR count). The van der Waals surface area contributed by atoms with Crippen molar-refractivity contribution in [2.45, 2.75) is 51.2 Å². The van der Waals surface area contributed by atoms with E-state index in [0.717, 1.165) is 44.5 Å². The molecule has 1 saturated heterocycles. The zero-order valence-electron chi connectivity index (χ0n) is 12.7. The fourth-order valence-electron chi connectivity index (χ4n) is 3.33. The van der Waals surface area contributed by atoms with Crippen LogP contribution in [0.15, 0.2) is 18.2 Å². The lowest BCUT2D eigenvalue weighted by Gasteiger charge is -2.29. The van der Waals surface area contributed by atoms with Crippen molar-refractivity contribution in [3.63, 3.8) is 0 Å². The minimum absolute atomic E-state index is 0.104. The number of fused-ring (bicyclic) bond motifs is 1. The van der Waals surface area contributed by atoms with Crippen LogP contribution < -0.4 is 10.5 Å². The number of rotatable bonds is 3. The van der Waals surface area contributed by atoms with Crippen LogP contribution in [0.4, 0.5) is 0 Å². The van der Waals surface area contributed by atoms with E-state index in [2.05, 4.69) is 0 Å². The van der Waals surface area contributed by atoms with Gasteiger partial charge in [-0.05, 0) is 62.3 Å². The zero-order valence-corrected chi connectivity index (χ0v) is 12.7. The Morgan fingerprint density at radius 3 is 2.86 bits per heavy atom. The normalized spacial score (nSPS) is 22.8. The van der Waals surface area contributed by atoms with Gasteiger partial charge in [0.2, 0.25) is 0 Å². The predicted octanol–water partition coefficient (Wildman–Crippen LogP) is 2.41. The molecule has 4 heteroatoms. The van der Waals surface area contributed by atoms with E-state index < -0.39 is 6.10 Å². The average molecular weight is 288 g/mol. The van der Waals surface area contributed by atoms with Gasteiger partial charge in [0, 0.05) is 19.1 Å². The highest BCUT2D eigenvalue weighted by Gasteiger charge is 2.24. The van der Waals surface area contributed by atoms with Gasteiger partial charge in [-0.15, -0.1) is 0 Å². The fourth-order valence-corrected chi connectivity index (χ4v) is 3.33. The van der Waals surface area contributed by atoms with Crippen molar-refractivity contribution in [2.24, 2.45) is 5.73 Å². The monoisotopic (exact) mass is 288 g/mol. The topological polar surface area (TPSA) is 55.6 Å². The van der Waals surface area contributed by atoms with Crippen molar-refractivity contribution < 1.29 is 9.53 Å². The molecule has 2 N–H and O–H groups in total. The van der Waals surface area contributed by atoms with Crippen molar-refractivity contribution in [1.29, 1.82) is 0 Å². The first-order chi connectivity index (χ1) is 10.1. The largest absolute Gasteiger partial charge is 0.481 e. The maximum atomic E-state index is 12.4. The molecule has 1 heterocycles. The number of piperidine rings is 1. The van der Waals surface area contributed by atoms with Gasteiger partial charge in [0.1, 0.15) is 5.75 Å². The average Bonchev–Trinajstić information content (AvgIpc) is 2.88. The van der Waals surface area contributed by atoms with E-state index in [0.29, 0.717) is 0 Å². The number of benzene rings is 1. The summed E-state index contributed by atoms with van der Waals surface area (Å²) in [4.78, 5) is 14.3. The van der Waals surface area contributed by atoms with Gasteiger partial charge in [-0.1, -0.05) is 6.07 Å². The third-order valence-electron chi connectivity index (χ3n) is 4.57. The van der Waals surface area contributed by atoms with Crippen LogP contribution in [-0.2, 0) is 11.2 Å². The standard InChI is InChI=1S/C17H24N2O2/c1-12(17(20)19-9-3-2-4-10-19)21-14-6-7-15-13(11-14)5-8-16(15)18/h6-7,11-12,16H,2-5,8-10,18H2,1H3/t12?,16-/m0/s1. The molecular formula is C17H24N2O2.